The van der Waals surface area contributed by atoms with Crippen LogP contribution in [0.1, 0.15) is 17.8 Å². The first kappa shape index (κ1) is 10.7. The van der Waals surface area contributed by atoms with Gasteiger partial charge in [-0.1, -0.05) is 12.0 Å². The Bertz CT molecular complexity index is 339. The fourth-order valence-electron chi connectivity index (χ4n) is 0.964. The first-order chi connectivity index (χ1) is 6.86. The fraction of sp³-hybridized carbons (Fsp3) is 0.364. The molecule has 1 heterocycles. The summed E-state index contributed by atoms with van der Waals surface area (Å²) in [6, 6.07) is 5.20. The minimum Gasteiger partial charge on any atom is -0.319 e. The summed E-state index contributed by atoms with van der Waals surface area (Å²) in [5.41, 5.74) is 1.07. The van der Waals surface area contributed by atoms with Gasteiger partial charge in [-0.05, 0) is 25.1 Å². The highest BCUT2D eigenvalue weighted by molar-refractivity contribution is 5.28. The number of hydrogen-bond donors (Lipinski definition) is 1. The fourth-order valence-corrected chi connectivity index (χ4v) is 0.964. The standard InChI is InChI=1S/C11H13FN2/c1-13-8-3-2-5-10-6-4-7-11(9-12)14-10/h4,6-7,13H,3,8-9H2,1H3. The largest absolute Gasteiger partial charge is 0.319 e. The number of hydrogen-bond acceptors (Lipinski definition) is 2. The summed E-state index contributed by atoms with van der Waals surface area (Å²) in [5.74, 6) is 5.84. The Balaban J connectivity index is 2.60. The van der Waals surface area contributed by atoms with Gasteiger partial charge in [0.25, 0.3) is 0 Å². The molecule has 0 aliphatic rings. The zero-order valence-corrected chi connectivity index (χ0v) is 8.18. The van der Waals surface area contributed by atoms with Crippen molar-refractivity contribution < 1.29 is 4.39 Å². The van der Waals surface area contributed by atoms with E-state index in [1.807, 2.05) is 7.05 Å². The van der Waals surface area contributed by atoms with E-state index in [-0.39, 0.29) is 0 Å². The minimum absolute atomic E-state index is 0.436. The molecule has 0 saturated carbocycles. The summed E-state index contributed by atoms with van der Waals surface area (Å²) in [6.45, 7) is 0.321. The van der Waals surface area contributed by atoms with Crippen LogP contribution in [0.4, 0.5) is 4.39 Å². The molecule has 74 valence electrons. The quantitative estimate of drug-likeness (QED) is 0.580. The zero-order valence-electron chi connectivity index (χ0n) is 8.18. The topological polar surface area (TPSA) is 24.9 Å². The van der Waals surface area contributed by atoms with Gasteiger partial charge in [0.2, 0.25) is 0 Å². The van der Waals surface area contributed by atoms with Crippen LogP contribution in [-0.4, -0.2) is 18.6 Å². The molecule has 0 amide bonds. The molecule has 0 saturated heterocycles. The molecule has 2 nitrogen and oxygen atoms in total. The predicted octanol–water partition coefficient (Wildman–Crippen LogP) is 1.51. The van der Waals surface area contributed by atoms with Gasteiger partial charge in [0.05, 0.1) is 5.69 Å². The average molecular weight is 192 g/mol. The molecular formula is C11H13FN2. The maximum absolute atomic E-state index is 12.2. The Labute approximate surface area is 83.6 Å². The van der Waals surface area contributed by atoms with Gasteiger partial charge in [-0.25, -0.2) is 9.37 Å². The second kappa shape index (κ2) is 6.11. The lowest BCUT2D eigenvalue weighted by Gasteiger charge is -1.93. The summed E-state index contributed by atoms with van der Waals surface area (Å²) in [6.07, 6.45) is 0.776. The molecule has 0 aliphatic heterocycles. The normalized spacial score (nSPS) is 9.29. The maximum Gasteiger partial charge on any atom is 0.131 e. The Hall–Kier alpha value is -1.40. The summed E-state index contributed by atoms with van der Waals surface area (Å²) >= 11 is 0. The molecule has 0 radical (unpaired) electrons. The molecule has 0 unspecified atom stereocenters. The highest BCUT2D eigenvalue weighted by Gasteiger charge is 1.92. The van der Waals surface area contributed by atoms with Crippen molar-refractivity contribution in [2.24, 2.45) is 0 Å². The molecule has 0 spiro atoms. The van der Waals surface area contributed by atoms with Crippen LogP contribution in [-0.2, 0) is 6.67 Å². The van der Waals surface area contributed by atoms with E-state index < -0.39 is 6.67 Å². The second-order valence-electron chi connectivity index (χ2n) is 2.80. The van der Waals surface area contributed by atoms with E-state index >= 15 is 0 Å². The molecule has 0 aliphatic carbocycles. The van der Waals surface area contributed by atoms with Crippen LogP contribution in [0.5, 0.6) is 0 Å². The van der Waals surface area contributed by atoms with Crippen molar-refractivity contribution >= 4 is 0 Å². The molecule has 0 aromatic carbocycles. The molecule has 0 fully saturated rings. The van der Waals surface area contributed by atoms with Gasteiger partial charge in [-0.15, -0.1) is 0 Å². The Morgan fingerprint density at radius 3 is 3.07 bits per heavy atom. The first-order valence-corrected chi connectivity index (χ1v) is 4.52. The Morgan fingerprint density at radius 1 is 1.50 bits per heavy atom. The minimum atomic E-state index is -0.536. The number of pyridine rings is 1. The van der Waals surface area contributed by atoms with Crippen molar-refractivity contribution in [3.05, 3.63) is 29.6 Å². The van der Waals surface area contributed by atoms with Gasteiger partial charge >= 0.3 is 0 Å². The van der Waals surface area contributed by atoms with Crippen LogP contribution >= 0.6 is 0 Å². The van der Waals surface area contributed by atoms with Crippen LogP contribution in [0.2, 0.25) is 0 Å². The molecule has 0 bridgehead atoms. The van der Waals surface area contributed by atoms with E-state index in [9.17, 15) is 4.39 Å². The van der Waals surface area contributed by atoms with Crippen molar-refractivity contribution in [1.29, 1.82) is 0 Å². The third kappa shape index (κ3) is 3.55. The SMILES string of the molecule is CNCCC#Cc1cccc(CF)n1. The number of rotatable bonds is 3. The smallest absolute Gasteiger partial charge is 0.131 e. The Morgan fingerprint density at radius 2 is 2.36 bits per heavy atom. The summed E-state index contributed by atoms with van der Waals surface area (Å²) < 4.78 is 12.2. The van der Waals surface area contributed by atoms with Gasteiger partial charge in [-0.2, -0.15) is 0 Å². The number of nitrogens with one attached hydrogen (secondary N) is 1. The zero-order chi connectivity index (χ0) is 10.2. The monoisotopic (exact) mass is 192 g/mol. The van der Waals surface area contributed by atoms with Crippen molar-refractivity contribution in [2.45, 2.75) is 13.1 Å². The summed E-state index contributed by atoms with van der Waals surface area (Å²) in [7, 11) is 1.88. The van der Waals surface area contributed by atoms with Gasteiger partial charge < -0.3 is 5.32 Å². The molecule has 14 heavy (non-hydrogen) atoms. The second-order valence-corrected chi connectivity index (χ2v) is 2.80. The summed E-state index contributed by atoms with van der Waals surface area (Å²) in [4.78, 5) is 4.02. The summed E-state index contributed by atoms with van der Waals surface area (Å²) in [5, 5.41) is 2.99. The molecule has 3 heteroatoms. The Kier molecular flexibility index (Phi) is 4.66. The lowest BCUT2D eigenvalue weighted by atomic mass is 10.3. The lowest BCUT2D eigenvalue weighted by Crippen LogP contribution is -2.05. The van der Waals surface area contributed by atoms with Crippen molar-refractivity contribution in [3.8, 4) is 11.8 Å². The third-order valence-electron chi connectivity index (χ3n) is 1.66. The average Bonchev–Trinajstić information content (AvgIpc) is 2.25. The highest BCUT2D eigenvalue weighted by Crippen LogP contribution is 1.99. The van der Waals surface area contributed by atoms with Crippen LogP contribution in [0.3, 0.4) is 0 Å². The molecule has 0 atom stereocenters. The van der Waals surface area contributed by atoms with Gasteiger partial charge in [0.15, 0.2) is 0 Å². The van der Waals surface area contributed by atoms with E-state index in [0.717, 1.165) is 13.0 Å². The van der Waals surface area contributed by atoms with Crippen LogP contribution in [0.25, 0.3) is 0 Å². The molecule has 1 aromatic heterocycles. The van der Waals surface area contributed by atoms with E-state index in [4.69, 9.17) is 0 Å². The molecule has 1 N–H and O–H groups in total. The highest BCUT2D eigenvalue weighted by atomic mass is 19.1. The van der Waals surface area contributed by atoms with Crippen molar-refractivity contribution in [1.82, 2.24) is 10.3 Å². The van der Waals surface area contributed by atoms with Gasteiger partial charge in [0, 0.05) is 13.0 Å². The van der Waals surface area contributed by atoms with E-state index in [1.165, 1.54) is 0 Å². The molecular weight excluding hydrogens is 179 g/mol. The van der Waals surface area contributed by atoms with Crippen LogP contribution in [0.15, 0.2) is 18.2 Å². The molecule has 1 rings (SSSR count). The third-order valence-corrected chi connectivity index (χ3v) is 1.66. The number of aromatic nitrogens is 1. The maximum atomic E-state index is 12.2. The van der Waals surface area contributed by atoms with E-state index in [1.54, 1.807) is 18.2 Å². The van der Waals surface area contributed by atoms with Gasteiger partial charge in [-0.3, -0.25) is 0 Å². The molecule has 1 aromatic rings. The van der Waals surface area contributed by atoms with Crippen LogP contribution < -0.4 is 5.32 Å². The van der Waals surface area contributed by atoms with E-state index in [0.29, 0.717) is 11.4 Å². The predicted molar refractivity (Wildman–Crippen MR) is 54.5 cm³/mol. The number of alkyl halides is 1. The number of halogens is 1. The van der Waals surface area contributed by atoms with Gasteiger partial charge in [0.1, 0.15) is 12.4 Å². The van der Waals surface area contributed by atoms with Crippen molar-refractivity contribution in [3.63, 3.8) is 0 Å². The first-order valence-electron chi connectivity index (χ1n) is 4.52. The van der Waals surface area contributed by atoms with Crippen LogP contribution in [0, 0.1) is 11.8 Å². The van der Waals surface area contributed by atoms with E-state index in [2.05, 4.69) is 22.1 Å². The van der Waals surface area contributed by atoms with Crippen molar-refractivity contribution in [2.75, 3.05) is 13.6 Å². The number of nitrogens with zero attached hydrogens (tertiary/aromatic N) is 1. The lowest BCUT2D eigenvalue weighted by molar-refractivity contribution is 0.476.